The molecule has 0 spiro atoms. The molecule has 1 N–H and O–H groups in total. The van der Waals surface area contributed by atoms with E-state index in [4.69, 9.17) is 4.42 Å². The highest BCUT2D eigenvalue weighted by Gasteiger charge is 2.19. The Bertz CT molecular complexity index is 624. The lowest BCUT2D eigenvalue weighted by molar-refractivity contribution is -0.120. The monoisotopic (exact) mass is 333 g/mol. The fourth-order valence-electron chi connectivity index (χ4n) is 2.99. The summed E-state index contributed by atoms with van der Waals surface area (Å²) in [7, 11) is 0. The summed E-state index contributed by atoms with van der Waals surface area (Å²) in [6.45, 7) is 6.31. The molecule has 3 rings (SSSR count). The highest BCUT2D eigenvalue weighted by Crippen LogP contribution is 2.23. The number of nitrogens with one attached hydrogen (secondary N) is 1. The number of carbonyl (C=O) groups is 1. The van der Waals surface area contributed by atoms with Gasteiger partial charge in [-0.1, -0.05) is 13.0 Å². The van der Waals surface area contributed by atoms with E-state index in [1.807, 2.05) is 17.5 Å². The molecule has 23 heavy (non-hydrogen) atoms. The van der Waals surface area contributed by atoms with E-state index < -0.39 is 0 Å². The van der Waals surface area contributed by atoms with Gasteiger partial charge in [-0.15, -0.1) is 11.3 Å². The summed E-state index contributed by atoms with van der Waals surface area (Å²) >= 11 is 1.58. The summed E-state index contributed by atoms with van der Waals surface area (Å²) in [4.78, 5) is 19.9. The lowest BCUT2D eigenvalue weighted by atomic mass is 9.98. The number of nitrogens with zero attached hydrogens (tertiary/aromatic N) is 2. The average Bonchev–Trinajstić information content (AvgIpc) is 3.24. The number of hydrogen-bond acceptors (Lipinski definition) is 5. The molecule has 3 heterocycles. The lowest BCUT2D eigenvalue weighted by Crippen LogP contribution is -2.41. The van der Waals surface area contributed by atoms with Crippen molar-refractivity contribution >= 4 is 17.2 Å². The van der Waals surface area contributed by atoms with E-state index in [9.17, 15) is 4.79 Å². The fraction of sp³-hybridized carbons (Fsp3) is 0.529. The van der Waals surface area contributed by atoms with Gasteiger partial charge in [0, 0.05) is 13.1 Å². The van der Waals surface area contributed by atoms with Gasteiger partial charge in [0.15, 0.2) is 0 Å². The van der Waals surface area contributed by atoms with Crippen molar-refractivity contribution in [3.63, 3.8) is 0 Å². The Morgan fingerprint density at radius 1 is 1.57 bits per heavy atom. The quantitative estimate of drug-likeness (QED) is 0.883. The van der Waals surface area contributed by atoms with Gasteiger partial charge in [-0.25, -0.2) is 4.98 Å². The van der Waals surface area contributed by atoms with E-state index in [-0.39, 0.29) is 12.3 Å². The van der Waals surface area contributed by atoms with Crippen LogP contribution in [0.15, 0.2) is 28.2 Å². The molecule has 1 saturated heterocycles. The van der Waals surface area contributed by atoms with E-state index >= 15 is 0 Å². The lowest BCUT2D eigenvalue weighted by Gasteiger charge is -2.31. The highest BCUT2D eigenvalue weighted by molar-refractivity contribution is 7.13. The van der Waals surface area contributed by atoms with E-state index in [1.165, 1.54) is 19.4 Å². The molecule has 1 fully saturated rings. The maximum atomic E-state index is 12.1. The van der Waals surface area contributed by atoms with Crippen molar-refractivity contribution in [1.29, 1.82) is 0 Å². The molecule has 2 aromatic heterocycles. The normalized spacial score (nSPS) is 18.9. The van der Waals surface area contributed by atoms with Crippen LogP contribution in [-0.2, 0) is 11.2 Å². The van der Waals surface area contributed by atoms with Gasteiger partial charge in [0.05, 0.1) is 17.0 Å². The Labute approximate surface area is 140 Å². The third kappa shape index (κ3) is 4.42. The van der Waals surface area contributed by atoms with Gasteiger partial charge in [-0.05, 0) is 43.3 Å². The molecule has 6 heteroatoms. The SMILES string of the molecule is CCN1CCC[C@@H](CNC(=O)Cc2coc(-c3cccs3)n2)C1. The molecule has 124 valence electrons. The molecule has 1 amide bonds. The number of aromatic nitrogens is 1. The van der Waals surface area contributed by atoms with Crippen molar-refractivity contribution in [2.75, 3.05) is 26.2 Å². The second-order valence-electron chi connectivity index (χ2n) is 6.00. The Balaban J connectivity index is 1.46. The molecule has 0 bridgehead atoms. The number of amides is 1. The highest BCUT2D eigenvalue weighted by atomic mass is 32.1. The Hall–Kier alpha value is -1.66. The van der Waals surface area contributed by atoms with Gasteiger partial charge in [0.25, 0.3) is 0 Å². The first-order valence-electron chi connectivity index (χ1n) is 8.22. The topological polar surface area (TPSA) is 58.4 Å². The van der Waals surface area contributed by atoms with Crippen LogP contribution in [-0.4, -0.2) is 42.0 Å². The summed E-state index contributed by atoms with van der Waals surface area (Å²) in [6.07, 6.45) is 4.28. The first-order valence-corrected chi connectivity index (χ1v) is 9.10. The van der Waals surface area contributed by atoms with Gasteiger partial charge in [-0.2, -0.15) is 0 Å². The molecule has 0 aliphatic carbocycles. The van der Waals surface area contributed by atoms with E-state index in [0.29, 0.717) is 17.5 Å². The number of likely N-dealkylation sites (tertiary alicyclic amines) is 1. The zero-order chi connectivity index (χ0) is 16.1. The molecule has 0 unspecified atom stereocenters. The molecular formula is C17H23N3O2S. The molecule has 1 aliphatic rings. The first kappa shape index (κ1) is 16.2. The molecule has 1 atom stereocenters. The van der Waals surface area contributed by atoms with Crippen molar-refractivity contribution in [2.24, 2.45) is 5.92 Å². The minimum atomic E-state index is 0.0182. The molecule has 2 aromatic rings. The summed E-state index contributed by atoms with van der Waals surface area (Å²) in [5.41, 5.74) is 0.685. The number of oxazole rings is 1. The molecule has 5 nitrogen and oxygen atoms in total. The van der Waals surface area contributed by atoms with Crippen LogP contribution in [0.5, 0.6) is 0 Å². The van der Waals surface area contributed by atoms with E-state index in [0.717, 1.165) is 24.5 Å². The van der Waals surface area contributed by atoms with Crippen molar-refractivity contribution in [3.05, 3.63) is 29.5 Å². The van der Waals surface area contributed by atoms with Crippen molar-refractivity contribution in [1.82, 2.24) is 15.2 Å². The third-order valence-electron chi connectivity index (χ3n) is 4.26. The number of thiophene rings is 1. The summed E-state index contributed by atoms with van der Waals surface area (Å²) in [6, 6.07) is 3.92. The fourth-order valence-corrected chi connectivity index (χ4v) is 3.65. The predicted molar refractivity (Wildman–Crippen MR) is 91.4 cm³/mol. The van der Waals surface area contributed by atoms with Crippen LogP contribution < -0.4 is 5.32 Å². The van der Waals surface area contributed by atoms with E-state index in [2.05, 4.69) is 22.1 Å². The molecule has 0 saturated carbocycles. The third-order valence-corrected chi connectivity index (χ3v) is 5.12. The summed E-state index contributed by atoms with van der Waals surface area (Å²) in [5.74, 6) is 1.17. The minimum Gasteiger partial charge on any atom is -0.444 e. The van der Waals surface area contributed by atoms with Gasteiger partial charge >= 0.3 is 0 Å². The maximum absolute atomic E-state index is 12.1. The number of rotatable bonds is 6. The summed E-state index contributed by atoms with van der Waals surface area (Å²) < 4.78 is 5.45. The Morgan fingerprint density at radius 2 is 2.48 bits per heavy atom. The zero-order valence-corrected chi connectivity index (χ0v) is 14.3. The van der Waals surface area contributed by atoms with E-state index in [1.54, 1.807) is 17.6 Å². The van der Waals surface area contributed by atoms with Crippen molar-refractivity contribution in [3.8, 4) is 10.8 Å². The number of piperidine rings is 1. The van der Waals surface area contributed by atoms with Gasteiger partial charge < -0.3 is 14.6 Å². The minimum absolute atomic E-state index is 0.0182. The maximum Gasteiger partial charge on any atom is 0.236 e. The van der Waals surface area contributed by atoms with Gasteiger partial charge in [-0.3, -0.25) is 4.79 Å². The van der Waals surface area contributed by atoms with Crippen LogP contribution >= 0.6 is 11.3 Å². The standard InChI is InChI=1S/C17H23N3O2S/c1-2-20-7-3-5-13(11-20)10-18-16(21)9-14-12-22-17(19-14)15-6-4-8-23-15/h4,6,8,12-13H,2-3,5,7,9-11H2,1H3,(H,18,21)/t13-/m0/s1. The Morgan fingerprint density at radius 3 is 3.26 bits per heavy atom. The van der Waals surface area contributed by atoms with Crippen LogP contribution in [0, 0.1) is 5.92 Å². The van der Waals surface area contributed by atoms with Crippen LogP contribution in [0.3, 0.4) is 0 Å². The predicted octanol–water partition coefficient (Wildman–Crippen LogP) is 2.79. The first-order chi connectivity index (χ1) is 11.2. The number of carbonyl (C=O) groups excluding carboxylic acids is 1. The van der Waals surface area contributed by atoms with Crippen LogP contribution in [0.1, 0.15) is 25.5 Å². The smallest absolute Gasteiger partial charge is 0.236 e. The van der Waals surface area contributed by atoms with Crippen molar-refractivity contribution < 1.29 is 9.21 Å². The van der Waals surface area contributed by atoms with Gasteiger partial charge in [0.2, 0.25) is 11.8 Å². The number of hydrogen-bond donors (Lipinski definition) is 1. The zero-order valence-electron chi connectivity index (χ0n) is 13.5. The second kappa shape index (κ2) is 7.75. The van der Waals surface area contributed by atoms with Crippen molar-refractivity contribution in [2.45, 2.75) is 26.2 Å². The van der Waals surface area contributed by atoms with Gasteiger partial charge in [0.1, 0.15) is 6.26 Å². The second-order valence-corrected chi connectivity index (χ2v) is 6.95. The van der Waals surface area contributed by atoms with Crippen LogP contribution in [0.25, 0.3) is 10.8 Å². The average molecular weight is 333 g/mol. The largest absolute Gasteiger partial charge is 0.444 e. The molecule has 0 radical (unpaired) electrons. The van der Waals surface area contributed by atoms with Crippen LogP contribution in [0.4, 0.5) is 0 Å². The molecule has 1 aliphatic heterocycles. The molecule has 0 aromatic carbocycles. The molecular weight excluding hydrogens is 310 g/mol. The van der Waals surface area contributed by atoms with Crippen LogP contribution in [0.2, 0.25) is 0 Å². The Kier molecular flexibility index (Phi) is 5.46. The summed E-state index contributed by atoms with van der Waals surface area (Å²) in [5, 5.41) is 5.03.